The van der Waals surface area contributed by atoms with E-state index in [0.29, 0.717) is 18.2 Å². The maximum atomic E-state index is 12.3. The van der Waals surface area contributed by atoms with Gasteiger partial charge in [-0.2, -0.15) is 0 Å². The summed E-state index contributed by atoms with van der Waals surface area (Å²) in [6, 6.07) is 15.9. The Morgan fingerprint density at radius 3 is 2.77 bits per heavy atom. The molecule has 1 aliphatic rings. The van der Waals surface area contributed by atoms with Crippen molar-refractivity contribution >= 4 is 22.7 Å². The van der Waals surface area contributed by atoms with E-state index < -0.39 is 0 Å². The van der Waals surface area contributed by atoms with E-state index in [-0.39, 0.29) is 5.63 Å². The largest absolute Gasteiger partial charge is 0.496 e. The molecule has 30 heavy (non-hydrogen) atoms. The molecule has 156 valence electrons. The number of para-hydroxylation sites is 1. The number of methoxy groups -OCH3 is 1. The highest BCUT2D eigenvalue weighted by molar-refractivity contribution is 5.91. The second-order valence-electron chi connectivity index (χ2n) is 7.73. The summed E-state index contributed by atoms with van der Waals surface area (Å²) in [5, 5.41) is 4.42. The standard InChI is InChI=1S/C25H28N2O3/c1-18-9-10-24-21(16-18)22(17-25(28)30-24)27(20-11-13-26-14-12-20)15-5-7-19-6-3-4-8-23(19)29-2/h3-10,16-17,20,26H,11-15H2,1-2H3/b7-5+. The number of rotatable bonds is 6. The lowest BCUT2D eigenvalue weighted by Gasteiger charge is -2.36. The van der Waals surface area contributed by atoms with E-state index >= 15 is 0 Å². The lowest BCUT2D eigenvalue weighted by atomic mass is 10.0. The fraction of sp³-hybridized carbons (Fsp3) is 0.320. The average molecular weight is 405 g/mol. The van der Waals surface area contributed by atoms with Crippen LogP contribution in [-0.4, -0.2) is 32.8 Å². The van der Waals surface area contributed by atoms with Crippen LogP contribution in [0.5, 0.6) is 5.75 Å². The molecule has 1 aliphatic heterocycles. The highest BCUT2D eigenvalue weighted by atomic mass is 16.5. The lowest BCUT2D eigenvalue weighted by molar-refractivity contribution is 0.414. The SMILES string of the molecule is COc1ccccc1/C=C/CN(c1cc(=O)oc2ccc(C)cc12)C1CCNCC1. The van der Waals surface area contributed by atoms with Gasteiger partial charge in [0.15, 0.2) is 0 Å². The third-order valence-corrected chi connectivity index (χ3v) is 5.67. The fourth-order valence-electron chi connectivity index (χ4n) is 4.16. The topological polar surface area (TPSA) is 54.7 Å². The molecule has 0 saturated carbocycles. The quantitative estimate of drug-likeness (QED) is 0.618. The highest BCUT2D eigenvalue weighted by Crippen LogP contribution is 2.30. The number of fused-ring (bicyclic) bond motifs is 1. The van der Waals surface area contributed by atoms with Crippen molar-refractivity contribution in [3.63, 3.8) is 0 Å². The molecule has 1 aromatic heterocycles. The van der Waals surface area contributed by atoms with E-state index in [2.05, 4.69) is 35.4 Å². The lowest BCUT2D eigenvalue weighted by Crippen LogP contribution is -2.43. The maximum Gasteiger partial charge on any atom is 0.338 e. The normalized spacial score (nSPS) is 15.0. The molecule has 5 heteroatoms. The van der Waals surface area contributed by atoms with Crippen LogP contribution in [0.3, 0.4) is 0 Å². The van der Waals surface area contributed by atoms with Gasteiger partial charge in [-0.05, 0) is 51.1 Å². The molecule has 2 aromatic carbocycles. The van der Waals surface area contributed by atoms with Gasteiger partial charge >= 0.3 is 5.63 Å². The van der Waals surface area contributed by atoms with Crippen molar-refractivity contribution in [1.29, 1.82) is 0 Å². The highest BCUT2D eigenvalue weighted by Gasteiger charge is 2.23. The number of nitrogens with one attached hydrogen (secondary N) is 1. The molecule has 0 atom stereocenters. The van der Waals surface area contributed by atoms with Crippen LogP contribution in [-0.2, 0) is 0 Å². The number of nitrogens with zero attached hydrogens (tertiary/aromatic N) is 1. The average Bonchev–Trinajstić information content (AvgIpc) is 2.77. The minimum Gasteiger partial charge on any atom is -0.496 e. The van der Waals surface area contributed by atoms with Gasteiger partial charge in [0.1, 0.15) is 11.3 Å². The van der Waals surface area contributed by atoms with Gasteiger partial charge in [0, 0.05) is 29.6 Å². The van der Waals surface area contributed by atoms with E-state index in [1.54, 1.807) is 13.2 Å². The van der Waals surface area contributed by atoms with Crippen molar-refractivity contribution in [1.82, 2.24) is 5.32 Å². The van der Waals surface area contributed by atoms with Crippen molar-refractivity contribution in [2.45, 2.75) is 25.8 Å². The molecular weight excluding hydrogens is 376 g/mol. The molecule has 3 aromatic rings. The van der Waals surface area contributed by atoms with Crippen molar-refractivity contribution < 1.29 is 9.15 Å². The molecule has 2 heterocycles. The van der Waals surface area contributed by atoms with Crippen LogP contribution in [0, 0.1) is 6.92 Å². The first-order valence-electron chi connectivity index (χ1n) is 10.5. The first kappa shape index (κ1) is 20.2. The molecular formula is C25H28N2O3. The zero-order valence-corrected chi connectivity index (χ0v) is 17.6. The van der Waals surface area contributed by atoms with E-state index in [9.17, 15) is 4.79 Å². The van der Waals surface area contributed by atoms with Crippen LogP contribution in [0.1, 0.15) is 24.0 Å². The first-order valence-corrected chi connectivity index (χ1v) is 10.5. The summed E-state index contributed by atoms with van der Waals surface area (Å²) in [5.74, 6) is 0.851. The predicted octanol–water partition coefficient (Wildman–Crippen LogP) is 4.38. The van der Waals surface area contributed by atoms with Crippen LogP contribution in [0.15, 0.2) is 63.8 Å². The van der Waals surface area contributed by atoms with Crippen LogP contribution >= 0.6 is 0 Å². The van der Waals surface area contributed by atoms with Crippen molar-refractivity contribution in [3.05, 3.63) is 76.2 Å². The third-order valence-electron chi connectivity index (χ3n) is 5.67. The Kier molecular flexibility index (Phi) is 6.19. The zero-order chi connectivity index (χ0) is 20.9. The van der Waals surface area contributed by atoms with Crippen LogP contribution in [0.2, 0.25) is 0 Å². The monoisotopic (exact) mass is 404 g/mol. The van der Waals surface area contributed by atoms with Crippen LogP contribution < -0.4 is 20.6 Å². The number of hydrogen-bond acceptors (Lipinski definition) is 5. The van der Waals surface area contributed by atoms with Crippen molar-refractivity contribution in [3.8, 4) is 5.75 Å². The van der Waals surface area contributed by atoms with E-state index in [1.807, 2.05) is 36.4 Å². The summed E-state index contributed by atoms with van der Waals surface area (Å²) in [6.45, 7) is 4.73. The number of hydrogen-bond donors (Lipinski definition) is 1. The van der Waals surface area contributed by atoms with Crippen molar-refractivity contribution in [2.24, 2.45) is 0 Å². The summed E-state index contributed by atoms with van der Waals surface area (Å²) >= 11 is 0. The summed E-state index contributed by atoms with van der Waals surface area (Å²) in [7, 11) is 1.69. The van der Waals surface area contributed by atoms with Gasteiger partial charge in [-0.1, -0.05) is 42.0 Å². The van der Waals surface area contributed by atoms with E-state index in [4.69, 9.17) is 9.15 Å². The van der Waals surface area contributed by atoms with Crippen LogP contribution in [0.4, 0.5) is 5.69 Å². The van der Waals surface area contributed by atoms with Gasteiger partial charge in [-0.25, -0.2) is 4.79 Å². The molecule has 0 radical (unpaired) electrons. The van der Waals surface area contributed by atoms with Crippen LogP contribution in [0.25, 0.3) is 17.0 Å². The van der Waals surface area contributed by atoms with Gasteiger partial charge < -0.3 is 19.4 Å². The Labute approximate surface area is 177 Å². The Morgan fingerprint density at radius 1 is 1.17 bits per heavy atom. The summed E-state index contributed by atoms with van der Waals surface area (Å²) in [4.78, 5) is 14.7. The molecule has 0 aliphatic carbocycles. The molecule has 4 rings (SSSR count). The van der Waals surface area contributed by atoms with Gasteiger partial charge in [0.2, 0.25) is 0 Å². The second-order valence-corrected chi connectivity index (χ2v) is 7.73. The molecule has 1 saturated heterocycles. The number of piperidine rings is 1. The van der Waals surface area contributed by atoms with E-state index in [0.717, 1.165) is 53.9 Å². The molecule has 0 unspecified atom stereocenters. The fourth-order valence-corrected chi connectivity index (χ4v) is 4.16. The predicted molar refractivity (Wildman–Crippen MR) is 122 cm³/mol. The molecule has 0 spiro atoms. The Hall–Kier alpha value is -3.05. The smallest absolute Gasteiger partial charge is 0.338 e. The number of ether oxygens (including phenoxy) is 1. The second kappa shape index (κ2) is 9.18. The zero-order valence-electron chi connectivity index (χ0n) is 17.6. The summed E-state index contributed by atoms with van der Waals surface area (Å²) < 4.78 is 10.9. The number of aryl methyl sites for hydroxylation is 1. The molecule has 1 fully saturated rings. The summed E-state index contributed by atoms with van der Waals surface area (Å²) in [6.07, 6.45) is 6.31. The minimum absolute atomic E-state index is 0.311. The van der Waals surface area contributed by atoms with E-state index in [1.165, 1.54) is 0 Å². The van der Waals surface area contributed by atoms with Gasteiger partial charge in [-0.15, -0.1) is 0 Å². The molecule has 1 N–H and O–H groups in total. The Balaban J connectivity index is 1.72. The maximum absolute atomic E-state index is 12.3. The first-order chi connectivity index (χ1) is 14.7. The Morgan fingerprint density at radius 2 is 1.97 bits per heavy atom. The summed E-state index contributed by atoms with van der Waals surface area (Å²) in [5.41, 5.74) is 3.46. The van der Waals surface area contributed by atoms with Gasteiger partial charge in [0.25, 0.3) is 0 Å². The number of anilines is 1. The van der Waals surface area contributed by atoms with Gasteiger partial charge in [-0.3, -0.25) is 0 Å². The molecule has 5 nitrogen and oxygen atoms in total. The minimum atomic E-state index is -0.311. The van der Waals surface area contributed by atoms with Crippen molar-refractivity contribution in [2.75, 3.05) is 31.6 Å². The third kappa shape index (κ3) is 4.41. The molecule has 0 amide bonds. The number of benzene rings is 2. The molecule has 0 bridgehead atoms. The van der Waals surface area contributed by atoms with Gasteiger partial charge in [0.05, 0.1) is 12.8 Å². The Bertz CT molecular complexity index is 1100.